The molecule has 2 aromatic carbocycles. The molecule has 0 aliphatic heterocycles. The van der Waals surface area contributed by atoms with Crippen LogP contribution in [0.15, 0.2) is 82.7 Å². The van der Waals surface area contributed by atoms with Gasteiger partial charge in [-0.1, -0.05) is 52.0 Å². The van der Waals surface area contributed by atoms with Gasteiger partial charge in [0.05, 0.1) is 11.4 Å². The van der Waals surface area contributed by atoms with E-state index in [1.165, 1.54) is 11.8 Å². The van der Waals surface area contributed by atoms with Crippen LogP contribution >= 0.6 is 27.7 Å². The molecule has 0 aliphatic carbocycles. The molecule has 4 rings (SSSR count). The summed E-state index contributed by atoms with van der Waals surface area (Å²) < 4.78 is 2.89. The van der Waals surface area contributed by atoms with Crippen LogP contribution in [0.1, 0.15) is 5.56 Å². The Morgan fingerprint density at radius 3 is 2.73 bits per heavy atom. The number of para-hydroxylation sites is 1. The highest BCUT2D eigenvalue weighted by Crippen LogP contribution is 2.29. The number of amides is 1. The first-order valence-corrected chi connectivity index (χ1v) is 11.0. The number of thioether (sulfide) groups is 1. The van der Waals surface area contributed by atoms with E-state index >= 15 is 0 Å². The number of pyridine rings is 1. The van der Waals surface area contributed by atoms with E-state index in [0.29, 0.717) is 11.0 Å². The van der Waals surface area contributed by atoms with Crippen molar-refractivity contribution in [3.63, 3.8) is 0 Å². The van der Waals surface area contributed by atoms with Crippen molar-refractivity contribution >= 4 is 39.3 Å². The predicted molar refractivity (Wildman–Crippen MR) is 123 cm³/mol. The predicted octanol–water partition coefficient (Wildman–Crippen LogP) is 5.13. The fourth-order valence-corrected chi connectivity index (χ4v) is 4.11. The molecule has 4 aromatic rings. The number of anilines is 1. The molecule has 150 valence electrons. The zero-order valence-corrected chi connectivity index (χ0v) is 18.5. The molecule has 0 aliphatic rings. The molecule has 0 saturated heterocycles. The molecule has 2 heterocycles. The minimum atomic E-state index is -0.111. The van der Waals surface area contributed by atoms with E-state index in [2.05, 4.69) is 36.4 Å². The first-order valence-electron chi connectivity index (χ1n) is 9.22. The maximum atomic E-state index is 12.5. The second-order valence-electron chi connectivity index (χ2n) is 6.52. The zero-order chi connectivity index (χ0) is 20.9. The Balaban J connectivity index is 1.61. The first-order chi connectivity index (χ1) is 14.6. The third-order valence-corrected chi connectivity index (χ3v) is 5.77. The van der Waals surface area contributed by atoms with E-state index in [0.717, 1.165) is 27.0 Å². The fourth-order valence-electron chi connectivity index (χ4n) is 2.97. The van der Waals surface area contributed by atoms with Crippen LogP contribution in [0.2, 0.25) is 0 Å². The Morgan fingerprint density at radius 2 is 1.97 bits per heavy atom. The maximum Gasteiger partial charge on any atom is 0.234 e. The molecule has 0 saturated carbocycles. The van der Waals surface area contributed by atoms with Gasteiger partial charge in [-0.2, -0.15) is 0 Å². The summed E-state index contributed by atoms with van der Waals surface area (Å²) in [4.78, 5) is 16.7. The van der Waals surface area contributed by atoms with Crippen molar-refractivity contribution in [1.82, 2.24) is 19.7 Å². The molecule has 30 heavy (non-hydrogen) atoms. The van der Waals surface area contributed by atoms with E-state index < -0.39 is 0 Å². The maximum absolute atomic E-state index is 12.5. The number of aryl methyl sites for hydroxylation is 1. The topological polar surface area (TPSA) is 72.7 Å². The smallest absolute Gasteiger partial charge is 0.234 e. The zero-order valence-electron chi connectivity index (χ0n) is 16.1. The normalized spacial score (nSPS) is 10.7. The lowest BCUT2D eigenvalue weighted by Gasteiger charge is -2.12. The Labute approximate surface area is 186 Å². The highest BCUT2D eigenvalue weighted by atomic mass is 79.9. The summed E-state index contributed by atoms with van der Waals surface area (Å²) in [6, 6.07) is 19.3. The van der Waals surface area contributed by atoms with Crippen LogP contribution in [-0.2, 0) is 4.79 Å². The van der Waals surface area contributed by atoms with Crippen molar-refractivity contribution in [2.45, 2.75) is 12.1 Å². The molecule has 0 unspecified atom stereocenters. The number of hydrogen-bond donors (Lipinski definition) is 1. The Morgan fingerprint density at radius 1 is 1.10 bits per heavy atom. The van der Waals surface area contributed by atoms with E-state index in [-0.39, 0.29) is 11.7 Å². The number of nitrogens with zero attached hydrogens (tertiary/aromatic N) is 4. The van der Waals surface area contributed by atoms with Gasteiger partial charge in [0.15, 0.2) is 11.0 Å². The van der Waals surface area contributed by atoms with E-state index in [4.69, 9.17) is 0 Å². The lowest BCUT2D eigenvalue weighted by Crippen LogP contribution is -2.14. The van der Waals surface area contributed by atoms with Crippen LogP contribution in [0.3, 0.4) is 0 Å². The Kier molecular flexibility index (Phi) is 6.25. The summed E-state index contributed by atoms with van der Waals surface area (Å²) in [5, 5.41) is 12.3. The lowest BCUT2D eigenvalue weighted by atomic mass is 10.2. The van der Waals surface area contributed by atoms with Gasteiger partial charge < -0.3 is 5.32 Å². The standard InChI is InChI=1S/C22H18BrN5OS/c1-15-6-2-3-10-19(15)28-21(16-7-5-11-24-13-16)26-27-22(28)30-14-20(29)25-18-9-4-8-17(23)12-18/h2-13H,14H2,1H3,(H,25,29). The SMILES string of the molecule is Cc1ccccc1-n1c(SCC(=O)Nc2cccc(Br)c2)nnc1-c1cccnc1. The number of benzene rings is 2. The second-order valence-corrected chi connectivity index (χ2v) is 8.38. The summed E-state index contributed by atoms with van der Waals surface area (Å²) >= 11 is 4.75. The van der Waals surface area contributed by atoms with Gasteiger partial charge in [-0.3, -0.25) is 14.3 Å². The van der Waals surface area contributed by atoms with Crippen molar-refractivity contribution in [3.05, 3.63) is 83.1 Å². The van der Waals surface area contributed by atoms with E-state index in [1.807, 2.05) is 72.2 Å². The quantitative estimate of drug-likeness (QED) is 0.388. The number of rotatable bonds is 6. The molecular weight excluding hydrogens is 462 g/mol. The van der Waals surface area contributed by atoms with Gasteiger partial charge in [0.25, 0.3) is 0 Å². The van der Waals surface area contributed by atoms with Gasteiger partial charge in [-0.25, -0.2) is 0 Å². The highest BCUT2D eigenvalue weighted by molar-refractivity contribution is 9.10. The van der Waals surface area contributed by atoms with Crippen LogP contribution in [-0.4, -0.2) is 31.4 Å². The third-order valence-electron chi connectivity index (χ3n) is 4.35. The van der Waals surface area contributed by atoms with Crippen molar-refractivity contribution in [2.24, 2.45) is 0 Å². The largest absolute Gasteiger partial charge is 0.325 e. The summed E-state index contributed by atoms with van der Waals surface area (Å²) in [5.41, 5.74) is 3.66. The van der Waals surface area contributed by atoms with Gasteiger partial charge >= 0.3 is 0 Å². The molecule has 0 atom stereocenters. The summed E-state index contributed by atoms with van der Waals surface area (Å²) in [7, 11) is 0. The monoisotopic (exact) mass is 479 g/mol. The van der Waals surface area contributed by atoms with Gasteiger partial charge in [0, 0.05) is 28.1 Å². The molecule has 6 nitrogen and oxygen atoms in total. The van der Waals surface area contributed by atoms with Crippen molar-refractivity contribution in [3.8, 4) is 17.1 Å². The van der Waals surface area contributed by atoms with Crippen molar-refractivity contribution in [2.75, 3.05) is 11.1 Å². The number of carbonyl (C=O) groups excluding carboxylic acids is 1. The summed E-state index contributed by atoms with van der Waals surface area (Å²) in [6.45, 7) is 2.04. The van der Waals surface area contributed by atoms with Crippen LogP contribution < -0.4 is 5.32 Å². The molecule has 8 heteroatoms. The van der Waals surface area contributed by atoms with Crippen molar-refractivity contribution in [1.29, 1.82) is 0 Å². The minimum absolute atomic E-state index is 0.111. The van der Waals surface area contributed by atoms with Gasteiger partial charge in [-0.15, -0.1) is 10.2 Å². The van der Waals surface area contributed by atoms with Crippen LogP contribution in [0, 0.1) is 6.92 Å². The Bertz CT molecular complexity index is 1180. The average molecular weight is 480 g/mol. The van der Waals surface area contributed by atoms with Crippen molar-refractivity contribution < 1.29 is 4.79 Å². The molecule has 1 N–H and O–H groups in total. The molecule has 0 radical (unpaired) electrons. The van der Waals surface area contributed by atoms with Crippen LogP contribution in [0.5, 0.6) is 0 Å². The fraction of sp³-hybridized carbons (Fsp3) is 0.0909. The van der Waals surface area contributed by atoms with E-state index in [9.17, 15) is 4.79 Å². The Hall–Kier alpha value is -2.97. The lowest BCUT2D eigenvalue weighted by molar-refractivity contribution is -0.113. The second kappa shape index (κ2) is 9.23. The summed E-state index contributed by atoms with van der Waals surface area (Å²) in [5.74, 6) is 0.788. The van der Waals surface area contributed by atoms with Crippen LogP contribution in [0.4, 0.5) is 5.69 Å². The van der Waals surface area contributed by atoms with Gasteiger partial charge in [-0.05, 0) is 48.9 Å². The molecular formula is C22H18BrN5OS. The number of aromatic nitrogens is 4. The molecule has 1 amide bonds. The van der Waals surface area contributed by atoms with Gasteiger partial charge in [0.2, 0.25) is 5.91 Å². The van der Waals surface area contributed by atoms with E-state index in [1.54, 1.807) is 12.4 Å². The number of nitrogens with one attached hydrogen (secondary N) is 1. The minimum Gasteiger partial charge on any atom is -0.325 e. The molecule has 0 bridgehead atoms. The average Bonchev–Trinajstić information content (AvgIpc) is 3.17. The van der Waals surface area contributed by atoms with Crippen LogP contribution in [0.25, 0.3) is 17.1 Å². The van der Waals surface area contributed by atoms with Gasteiger partial charge in [0.1, 0.15) is 0 Å². The number of halogens is 1. The third kappa shape index (κ3) is 4.60. The molecule has 2 aromatic heterocycles. The number of hydrogen-bond acceptors (Lipinski definition) is 5. The molecule has 0 spiro atoms. The molecule has 0 fully saturated rings. The highest BCUT2D eigenvalue weighted by Gasteiger charge is 2.18. The first kappa shape index (κ1) is 20.3. The summed E-state index contributed by atoms with van der Waals surface area (Å²) in [6.07, 6.45) is 3.48. The number of carbonyl (C=O) groups is 1.